The van der Waals surface area contributed by atoms with E-state index in [1.165, 1.54) is 42.9 Å². The van der Waals surface area contributed by atoms with Crippen molar-refractivity contribution >= 4 is 21.7 Å². The van der Waals surface area contributed by atoms with Gasteiger partial charge in [0, 0.05) is 5.56 Å². The topological polar surface area (TPSA) is 119 Å². The Morgan fingerprint density at radius 2 is 1.90 bits per heavy atom. The number of ether oxygens (including phenoxy) is 1. The summed E-state index contributed by atoms with van der Waals surface area (Å²) in [6.07, 6.45) is 5.43. The van der Waals surface area contributed by atoms with Crippen LogP contribution in [0.2, 0.25) is 0 Å². The van der Waals surface area contributed by atoms with Crippen molar-refractivity contribution in [2.45, 2.75) is 30.7 Å². The Bertz CT molecular complexity index is 1220. The summed E-state index contributed by atoms with van der Waals surface area (Å²) in [4.78, 5) is 15.2. The molecule has 1 heterocycles. The van der Waals surface area contributed by atoms with Crippen molar-refractivity contribution in [3.8, 4) is 17.2 Å². The van der Waals surface area contributed by atoms with Gasteiger partial charge < -0.3 is 14.3 Å². The number of methoxy groups -OCH3 is 1. The van der Waals surface area contributed by atoms with E-state index in [9.17, 15) is 13.2 Å². The highest BCUT2D eigenvalue weighted by Crippen LogP contribution is 2.30. The lowest BCUT2D eigenvalue weighted by atomic mass is 9.90. The number of oxazole rings is 1. The Kier molecular flexibility index (Phi) is 5.21. The van der Waals surface area contributed by atoms with E-state index < -0.39 is 16.0 Å². The van der Waals surface area contributed by atoms with Crippen LogP contribution in [0.1, 0.15) is 34.3 Å². The SMILES string of the molecule is COc1cc(C(=O)O)ccc1NS(=O)(=O)c1coc(-c2ccc3c(c2)CCCC3)n1. The van der Waals surface area contributed by atoms with Crippen LogP contribution in [0.3, 0.4) is 0 Å². The molecule has 1 aliphatic rings. The Balaban J connectivity index is 1.61. The van der Waals surface area contributed by atoms with Crippen LogP contribution < -0.4 is 9.46 Å². The van der Waals surface area contributed by atoms with Crippen LogP contribution in [0.5, 0.6) is 5.75 Å². The molecular weight excluding hydrogens is 408 g/mol. The number of nitrogens with zero attached hydrogens (tertiary/aromatic N) is 1. The fraction of sp³-hybridized carbons (Fsp3) is 0.238. The highest BCUT2D eigenvalue weighted by Gasteiger charge is 2.23. The summed E-state index contributed by atoms with van der Waals surface area (Å²) < 4.78 is 38.4. The quantitative estimate of drug-likeness (QED) is 0.614. The van der Waals surface area contributed by atoms with E-state index in [1.54, 1.807) is 0 Å². The number of anilines is 1. The van der Waals surface area contributed by atoms with Gasteiger partial charge in [0.1, 0.15) is 12.0 Å². The van der Waals surface area contributed by atoms with E-state index in [-0.39, 0.29) is 27.9 Å². The first-order valence-corrected chi connectivity index (χ1v) is 10.9. The van der Waals surface area contributed by atoms with Gasteiger partial charge in [0.2, 0.25) is 10.9 Å². The smallest absolute Gasteiger partial charge is 0.335 e. The van der Waals surface area contributed by atoms with E-state index in [0.717, 1.165) is 31.1 Å². The zero-order chi connectivity index (χ0) is 21.3. The van der Waals surface area contributed by atoms with Gasteiger partial charge in [-0.15, -0.1) is 0 Å². The number of hydrogen-bond acceptors (Lipinski definition) is 6. The number of aromatic nitrogens is 1. The molecular formula is C21H20N2O6S. The lowest BCUT2D eigenvalue weighted by Gasteiger charge is -2.15. The summed E-state index contributed by atoms with van der Waals surface area (Å²) in [5, 5.41) is 8.80. The predicted molar refractivity (Wildman–Crippen MR) is 109 cm³/mol. The van der Waals surface area contributed by atoms with E-state index in [2.05, 4.69) is 9.71 Å². The maximum atomic E-state index is 12.8. The summed E-state index contributed by atoms with van der Waals surface area (Å²) in [6.45, 7) is 0. The molecule has 0 aliphatic heterocycles. The first-order valence-electron chi connectivity index (χ1n) is 9.39. The molecule has 9 heteroatoms. The summed E-state index contributed by atoms with van der Waals surface area (Å²) in [6, 6.07) is 9.76. The first kappa shape index (κ1) is 20.0. The van der Waals surface area contributed by atoms with Crippen molar-refractivity contribution in [2.75, 3.05) is 11.8 Å². The molecule has 0 bridgehead atoms. The molecule has 0 saturated heterocycles. The van der Waals surface area contributed by atoms with E-state index >= 15 is 0 Å². The van der Waals surface area contributed by atoms with Gasteiger partial charge >= 0.3 is 5.97 Å². The van der Waals surface area contributed by atoms with Crippen molar-refractivity contribution in [1.82, 2.24) is 4.98 Å². The lowest BCUT2D eigenvalue weighted by Crippen LogP contribution is -2.14. The van der Waals surface area contributed by atoms with Crippen LogP contribution in [0.15, 0.2) is 52.1 Å². The second-order valence-electron chi connectivity index (χ2n) is 7.01. The molecule has 0 atom stereocenters. The van der Waals surface area contributed by atoms with Crippen molar-refractivity contribution in [3.63, 3.8) is 0 Å². The molecule has 3 aromatic rings. The number of aryl methyl sites for hydroxylation is 2. The molecule has 4 rings (SSSR count). The summed E-state index contributed by atoms with van der Waals surface area (Å²) in [5.74, 6) is -0.845. The maximum Gasteiger partial charge on any atom is 0.335 e. The van der Waals surface area contributed by atoms with Gasteiger partial charge in [-0.05, 0) is 67.1 Å². The van der Waals surface area contributed by atoms with Crippen LogP contribution in [-0.2, 0) is 22.9 Å². The number of fused-ring (bicyclic) bond motifs is 1. The number of carbonyl (C=O) groups is 1. The highest BCUT2D eigenvalue weighted by molar-refractivity contribution is 7.92. The number of hydrogen-bond donors (Lipinski definition) is 2. The van der Waals surface area contributed by atoms with Crippen LogP contribution in [0, 0.1) is 0 Å². The van der Waals surface area contributed by atoms with Gasteiger partial charge in [0.15, 0.2) is 0 Å². The zero-order valence-corrected chi connectivity index (χ0v) is 17.0. The van der Waals surface area contributed by atoms with E-state index in [4.69, 9.17) is 14.3 Å². The Hall–Kier alpha value is -3.33. The third kappa shape index (κ3) is 3.88. The molecule has 0 amide bonds. The van der Waals surface area contributed by atoms with Gasteiger partial charge in [0.25, 0.3) is 10.0 Å². The fourth-order valence-corrected chi connectivity index (χ4v) is 4.43. The molecule has 8 nitrogen and oxygen atoms in total. The lowest BCUT2D eigenvalue weighted by molar-refractivity contribution is 0.0696. The summed E-state index contributed by atoms with van der Waals surface area (Å²) in [7, 11) is -2.74. The minimum absolute atomic E-state index is 0.0223. The van der Waals surface area contributed by atoms with Crippen molar-refractivity contribution in [3.05, 3.63) is 59.4 Å². The molecule has 156 valence electrons. The minimum Gasteiger partial charge on any atom is -0.495 e. The van der Waals surface area contributed by atoms with Crippen LogP contribution in [-0.4, -0.2) is 31.6 Å². The molecule has 2 aromatic carbocycles. The molecule has 1 aliphatic carbocycles. The molecule has 0 unspecified atom stereocenters. The largest absolute Gasteiger partial charge is 0.495 e. The molecule has 1 aromatic heterocycles. The van der Waals surface area contributed by atoms with Gasteiger partial charge in [-0.3, -0.25) is 4.72 Å². The second-order valence-corrected chi connectivity index (χ2v) is 8.64. The molecule has 0 radical (unpaired) electrons. The van der Waals surface area contributed by atoms with Crippen molar-refractivity contribution in [1.29, 1.82) is 0 Å². The third-order valence-electron chi connectivity index (χ3n) is 5.05. The monoisotopic (exact) mass is 428 g/mol. The Morgan fingerprint density at radius 1 is 1.13 bits per heavy atom. The number of carboxylic acids is 1. The second kappa shape index (κ2) is 7.83. The maximum absolute atomic E-state index is 12.8. The van der Waals surface area contributed by atoms with Gasteiger partial charge in [-0.2, -0.15) is 13.4 Å². The number of sulfonamides is 1. The third-order valence-corrected chi connectivity index (χ3v) is 6.27. The van der Waals surface area contributed by atoms with Gasteiger partial charge in [-0.25, -0.2) is 4.79 Å². The highest BCUT2D eigenvalue weighted by atomic mass is 32.2. The number of aromatic carboxylic acids is 1. The van der Waals surface area contributed by atoms with Gasteiger partial charge in [-0.1, -0.05) is 6.07 Å². The average molecular weight is 428 g/mol. The van der Waals surface area contributed by atoms with Crippen LogP contribution >= 0.6 is 0 Å². The summed E-state index contributed by atoms with van der Waals surface area (Å²) in [5.41, 5.74) is 3.35. The zero-order valence-electron chi connectivity index (χ0n) is 16.2. The number of rotatable bonds is 6. The number of nitrogens with one attached hydrogen (secondary N) is 1. The fourth-order valence-electron chi connectivity index (χ4n) is 3.49. The van der Waals surface area contributed by atoms with Gasteiger partial charge in [0.05, 0.1) is 18.4 Å². The Morgan fingerprint density at radius 3 is 2.63 bits per heavy atom. The van der Waals surface area contributed by atoms with Crippen molar-refractivity contribution in [2.24, 2.45) is 0 Å². The standard InChI is InChI=1S/C21H20N2O6S/c1-28-18-11-16(21(24)25)8-9-17(18)23-30(26,27)19-12-29-20(22-19)15-7-6-13-4-2-3-5-14(13)10-15/h6-12,23H,2-5H2,1H3,(H,24,25). The van der Waals surface area contributed by atoms with Crippen LogP contribution in [0.4, 0.5) is 5.69 Å². The number of benzene rings is 2. The predicted octanol–water partition coefficient (Wildman–Crippen LogP) is 3.73. The molecule has 2 N–H and O–H groups in total. The van der Waals surface area contributed by atoms with Crippen molar-refractivity contribution < 1.29 is 27.5 Å². The first-order chi connectivity index (χ1) is 14.4. The minimum atomic E-state index is -4.07. The average Bonchev–Trinajstić information content (AvgIpc) is 3.24. The molecule has 0 fully saturated rings. The molecule has 30 heavy (non-hydrogen) atoms. The molecule has 0 spiro atoms. The van der Waals surface area contributed by atoms with Crippen LogP contribution in [0.25, 0.3) is 11.5 Å². The normalized spacial score (nSPS) is 13.5. The van der Waals surface area contributed by atoms with E-state index in [1.807, 2.05) is 18.2 Å². The summed E-state index contributed by atoms with van der Waals surface area (Å²) >= 11 is 0. The Labute approximate surface area is 173 Å². The number of carboxylic acid groups (broad SMARTS) is 1. The van der Waals surface area contributed by atoms with E-state index in [0.29, 0.717) is 0 Å². The molecule has 0 saturated carbocycles.